The first-order valence-corrected chi connectivity index (χ1v) is 8.52. The third kappa shape index (κ3) is 5.17. The highest BCUT2D eigenvalue weighted by molar-refractivity contribution is 5.85. The predicted octanol–water partition coefficient (Wildman–Crippen LogP) is -0.477. The van der Waals surface area contributed by atoms with Gasteiger partial charge < -0.3 is 20.3 Å². The minimum absolute atomic E-state index is 0. The highest BCUT2D eigenvalue weighted by Gasteiger charge is 2.24. The Balaban J connectivity index is 0.00000225. The maximum Gasteiger partial charge on any atom is 0.268 e. The van der Waals surface area contributed by atoms with Gasteiger partial charge in [-0.2, -0.15) is 5.10 Å². The van der Waals surface area contributed by atoms with Crippen LogP contribution in [-0.4, -0.2) is 61.1 Å². The normalized spacial score (nSPS) is 21.5. The number of aryl methyl sites for hydroxylation is 1. The minimum atomic E-state index is -0.370. The molecule has 2 N–H and O–H groups in total. The van der Waals surface area contributed by atoms with Crippen LogP contribution >= 0.6 is 12.4 Å². The van der Waals surface area contributed by atoms with Gasteiger partial charge in [0, 0.05) is 45.8 Å². The molecule has 1 aromatic heterocycles. The van der Waals surface area contributed by atoms with E-state index in [0.717, 1.165) is 38.2 Å². The number of rotatable bonds is 4. The van der Waals surface area contributed by atoms with Gasteiger partial charge in [0.1, 0.15) is 6.10 Å². The van der Waals surface area contributed by atoms with E-state index in [1.165, 1.54) is 4.68 Å². The van der Waals surface area contributed by atoms with Crippen LogP contribution in [0.4, 0.5) is 5.69 Å². The number of amides is 1. The van der Waals surface area contributed by atoms with Crippen molar-refractivity contribution in [2.45, 2.75) is 18.9 Å². The van der Waals surface area contributed by atoms with E-state index in [1.807, 2.05) is 0 Å². The lowest BCUT2D eigenvalue weighted by molar-refractivity contribution is -0.134. The Kier molecular flexibility index (Phi) is 7.22. The summed E-state index contributed by atoms with van der Waals surface area (Å²) >= 11 is 0. The zero-order valence-electron chi connectivity index (χ0n) is 14.4. The molecule has 2 aliphatic rings. The van der Waals surface area contributed by atoms with Gasteiger partial charge in [-0.3, -0.25) is 9.59 Å². The van der Waals surface area contributed by atoms with E-state index in [-0.39, 0.29) is 30.0 Å². The Morgan fingerprint density at radius 1 is 1.44 bits per heavy atom. The Hall–Kier alpha value is -1.64. The molecule has 25 heavy (non-hydrogen) atoms. The highest BCUT2D eigenvalue weighted by atomic mass is 35.5. The SMILES string of the molecule is Cl.Cn1ncc(N2CCC(CNC(=O)C3CNCCO3)CC2)cc1=O. The largest absolute Gasteiger partial charge is 0.370 e. The van der Waals surface area contributed by atoms with Gasteiger partial charge in [-0.25, -0.2) is 4.68 Å². The Bertz CT molecular complexity index is 624. The van der Waals surface area contributed by atoms with Crippen LogP contribution in [0.25, 0.3) is 0 Å². The number of hydrogen-bond acceptors (Lipinski definition) is 6. The molecule has 2 saturated heterocycles. The number of carbonyl (C=O) groups is 1. The second kappa shape index (κ2) is 9.17. The van der Waals surface area contributed by atoms with E-state index >= 15 is 0 Å². The summed E-state index contributed by atoms with van der Waals surface area (Å²) in [5, 5.41) is 10.2. The van der Waals surface area contributed by atoms with Gasteiger partial charge in [0.2, 0.25) is 5.91 Å². The summed E-state index contributed by atoms with van der Waals surface area (Å²) in [6.45, 7) is 4.40. The summed E-state index contributed by atoms with van der Waals surface area (Å²) in [6, 6.07) is 1.63. The first-order valence-electron chi connectivity index (χ1n) is 8.52. The van der Waals surface area contributed by atoms with Crippen molar-refractivity contribution in [3.05, 3.63) is 22.6 Å². The molecule has 2 fully saturated rings. The van der Waals surface area contributed by atoms with Crippen molar-refractivity contribution in [2.75, 3.05) is 44.2 Å². The Morgan fingerprint density at radius 2 is 2.20 bits per heavy atom. The number of anilines is 1. The number of piperidine rings is 1. The van der Waals surface area contributed by atoms with Gasteiger partial charge in [-0.1, -0.05) is 0 Å². The molecule has 0 bridgehead atoms. The van der Waals surface area contributed by atoms with Crippen molar-refractivity contribution in [1.29, 1.82) is 0 Å². The maximum absolute atomic E-state index is 12.1. The van der Waals surface area contributed by atoms with Crippen LogP contribution in [0.15, 0.2) is 17.1 Å². The van der Waals surface area contributed by atoms with Crippen molar-refractivity contribution in [2.24, 2.45) is 13.0 Å². The molecule has 3 rings (SSSR count). The molecule has 8 nitrogen and oxygen atoms in total. The van der Waals surface area contributed by atoms with E-state index in [4.69, 9.17) is 4.74 Å². The third-order valence-corrected chi connectivity index (χ3v) is 4.72. The number of halogens is 1. The molecule has 3 heterocycles. The van der Waals surface area contributed by atoms with E-state index in [0.29, 0.717) is 25.6 Å². The van der Waals surface area contributed by atoms with E-state index < -0.39 is 0 Å². The number of morpholine rings is 1. The van der Waals surface area contributed by atoms with Crippen molar-refractivity contribution >= 4 is 24.0 Å². The van der Waals surface area contributed by atoms with Gasteiger partial charge in [0.25, 0.3) is 5.56 Å². The van der Waals surface area contributed by atoms with Gasteiger partial charge in [0.05, 0.1) is 18.5 Å². The quantitative estimate of drug-likeness (QED) is 0.743. The average Bonchev–Trinajstić information content (AvgIpc) is 2.63. The summed E-state index contributed by atoms with van der Waals surface area (Å²) in [7, 11) is 1.65. The van der Waals surface area contributed by atoms with Crippen molar-refractivity contribution in [3.8, 4) is 0 Å². The molecule has 0 aliphatic carbocycles. The minimum Gasteiger partial charge on any atom is -0.370 e. The highest BCUT2D eigenvalue weighted by Crippen LogP contribution is 2.21. The van der Waals surface area contributed by atoms with Crippen LogP contribution in [0.5, 0.6) is 0 Å². The molecule has 0 saturated carbocycles. The van der Waals surface area contributed by atoms with Crippen LogP contribution in [0.2, 0.25) is 0 Å². The summed E-state index contributed by atoms with van der Waals surface area (Å²) in [4.78, 5) is 25.9. The standard InChI is InChI=1S/C16H25N5O3.ClH/c1-20-15(22)8-13(10-19-20)21-5-2-12(3-6-21)9-18-16(23)14-11-17-4-7-24-14;/h8,10,12,14,17H,2-7,9,11H2,1H3,(H,18,23);1H. The predicted molar refractivity (Wildman–Crippen MR) is 97.3 cm³/mol. The molecule has 2 aliphatic heterocycles. The molecule has 1 atom stereocenters. The lowest BCUT2D eigenvalue weighted by Gasteiger charge is -2.33. The second-order valence-electron chi connectivity index (χ2n) is 6.41. The third-order valence-electron chi connectivity index (χ3n) is 4.72. The zero-order valence-corrected chi connectivity index (χ0v) is 15.3. The number of carbonyl (C=O) groups excluding carboxylic acids is 1. The van der Waals surface area contributed by atoms with Gasteiger partial charge in [-0.15, -0.1) is 12.4 Å². The molecular weight excluding hydrogens is 346 g/mol. The van der Waals surface area contributed by atoms with E-state index in [2.05, 4.69) is 20.6 Å². The summed E-state index contributed by atoms with van der Waals surface area (Å²) < 4.78 is 6.78. The maximum atomic E-state index is 12.1. The Labute approximate surface area is 153 Å². The van der Waals surface area contributed by atoms with E-state index in [9.17, 15) is 9.59 Å². The van der Waals surface area contributed by atoms with Crippen molar-refractivity contribution in [1.82, 2.24) is 20.4 Å². The molecule has 9 heteroatoms. The molecule has 0 aromatic carbocycles. The van der Waals surface area contributed by atoms with Gasteiger partial charge in [0.15, 0.2) is 0 Å². The smallest absolute Gasteiger partial charge is 0.268 e. The fraction of sp³-hybridized carbons (Fsp3) is 0.688. The summed E-state index contributed by atoms with van der Waals surface area (Å²) in [5.41, 5.74) is 0.783. The zero-order chi connectivity index (χ0) is 16.9. The fourth-order valence-electron chi connectivity index (χ4n) is 3.12. The molecule has 1 amide bonds. The monoisotopic (exact) mass is 371 g/mol. The van der Waals surface area contributed by atoms with Crippen LogP contribution in [0.1, 0.15) is 12.8 Å². The lowest BCUT2D eigenvalue weighted by Crippen LogP contribution is -2.49. The van der Waals surface area contributed by atoms with Crippen molar-refractivity contribution in [3.63, 3.8) is 0 Å². The molecular formula is C16H26ClN5O3. The number of nitrogens with zero attached hydrogens (tertiary/aromatic N) is 3. The lowest BCUT2D eigenvalue weighted by atomic mass is 9.96. The van der Waals surface area contributed by atoms with Crippen molar-refractivity contribution < 1.29 is 9.53 Å². The molecule has 0 spiro atoms. The summed E-state index contributed by atoms with van der Waals surface area (Å²) in [6.07, 6.45) is 3.33. The average molecular weight is 372 g/mol. The molecule has 140 valence electrons. The first kappa shape index (κ1) is 19.7. The van der Waals surface area contributed by atoms with Gasteiger partial charge >= 0.3 is 0 Å². The fourth-order valence-corrected chi connectivity index (χ4v) is 3.12. The van der Waals surface area contributed by atoms with Crippen LogP contribution in [0.3, 0.4) is 0 Å². The van der Waals surface area contributed by atoms with Crippen LogP contribution in [-0.2, 0) is 16.6 Å². The molecule has 1 aromatic rings. The topological polar surface area (TPSA) is 88.5 Å². The number of ether oxygens (including phenoxy) is 1. The Morgan fingerprint density at radius 3 is 2.84 bits per heavy atom. The number of aromatic nitrogens is 2. The van der Waals surface area contributed by atoms with Gasteiger partial charge in [-0.05, 0) is 18.8 Å². The van der Waals surface area contributed by atoms with Crippen LogP contribution < -0.4 is 21.1 Å². The van der Waals surface area contributed by atoms with Crippen LogP contribution in [0, 0.1) is 5.92 Å². The number of nitrogens with one attached hydrogen (secondary N) is 2. The van der Waals surface area contributed by atoms with E-state index in [1.54, 1.807) is 19.3 Å². The first-order chi connectivity index (χ1) is 11.6. The second-order valence-corrected chi connectivity index (χ2v) is 6.41. The molecule has 1 unspecified atom stereocenters. The summed E-state index contributed by atoms with van der Waals surface area (Å²) in [5.74, 6) is 0.432. The number of hydrogen-bond donors (Lipinski definition) is 2. The molecule has 0 radical (unpaired) electrons.